The number of hydrogen-bond donors (Lipinski definition) is 2. The number of aromatic nitrogens is 1. The standard InChI is InChI=1S/C14H11F2NO5/c1-17-5-8(13(18)19)12(11(17)14(20)21)22-6-7-2-3-9(15)10(16)4-7/h2-5H,6H2,1H3,(H,18,19)(H,20,21). The van der Waals surface area contributed by atoms with Crippen LogP contribution >= 0.6 is 0 Å². The normalized spacial score (nSPS) is 10.5. The zero-order chi connectivity index (χ0) is 16.4. The van der Waals surface area contributed by atoms with E-state index in [-0.39, 0.29) is 29.2 Å². The second-order valence-electron chi connectivity index (χ2n) is 4.48. The van der Waals surface area contributed by atoms with Crippen molar-refractivity contribution in [3.8, 4) is 5.75 Å². The van der Waals surface area contributed by atoms with Gasteiger partial charge in [-0.15, -0.1) is 0 Å². The molecule has 116 valence electrons. The Morgan fingerprint density at radius 1 is 1.18 bits per heavy atom. The molecule has 2 N–H and O–H groups in total. The van der Waals surface area contributed by atoms with E-state index >= 15 is 0 Å². The number of ether oxygens (including phenoxy) is 1. The monoisotopic (exact) mass is 311 g/mol. The number of carboxylic acids is 2. The summed E-state index contributed by atoms with van der Waals surface area (Å²) in [5.41, 5.74) is -0.446. The van der Waals surface area contributed by atoms with Gasteiger partial charge in [-0.05, 0) is 17.7 Å². The number of aromatic carboxylic acids is 2. The van der Waals surface area contributed by atoms with E-state index < -0.39 is 23.6 Å². The number of benzene rings is 1. The van der Waals surface area contributed by atoms with Crippen molar-refractivity contribution < 1.29 is 33.3 Å². The van der Waals surface area contributed by atoms with Gasteiger partial charge in [-0.3, -0.25) is 0 Å². The molecule has 8 heteroatoms. The van der Waals surface area contributed by atoms with Crippen molar-refractivity contribution in [2.24, 2.45) is 7.05 Å². The molecule has 0 radical (unpaired) electrons. The molecule has 0 aliphatic carbocycles. The smallest absolute Gasteiger partial charge is 0.356 e. The average molecular weight is 311 g/mol. The summed E-state index contributed by atoms with van der Waals surface area (Å²) in [7, 11) is 1.36. The number of hydrogen-bond acceptors (Lipinski definition) is 3. The van der Waals surface area contributed by atoms with Crippen molar-refractivity contribution in [3.63, 3.8) is 0 Å². The summed E-state index contributed by atoms with van der Waals surface area (Å²) in [6, 6.07) is 3.04. The molecule has 0 unspecified atom stereocenters. The summed E-state index contributed by atoms with van der Waals surface area (Å²) in [4.78, 5) is 22.3. The molecule has 1 aromatic carbocycles. The predicted molar refractivity (Wildman–Crippen MR) is 70.0 cm³/mol. The van der Waals surface area contributed by atoms with Crippen LogP contribution in [0, 0.1) is 11.6 Å². The molecule has 2 aromatic rings. The van der Waals surface area contributed by atoms with Crippen molar-refractivity contribution in [2.75, 3.05) is 0 Å². The van der Waals surface area contributed by atoms with E-state index in [0.29, 0.717) is 0 Å². The van der Waals surface area contributed by atoms with Gasteiger partial charge >= 0.3 is 11.9 Å². The first-order chi connectivity index (χ1) is 10.3. The summed E-state index contributed by atoms with van der Waals surface area (Å²) >= 11 is 0. The summed E-state index contributed by atoms with van der Waals surface area (Å²) in [6.45, 7) is -0.304. The van der Waals surface area contributed by atoms with E-state index in [0.717, 1.165) is 22.9 Å². The molecular weight excluding hydrogens is 300 g/mol. The third-order valence-electron chi connectivity index (χ3n) is 2.94. The molecule has 1 aromatic heterocycles. The molecule has 0 bridgehead atoms. The molecule has 0 aliphatic rings. The number of carboxylic acid groups (broad SMARTS) is 2. The molecule has 0 saturated heterocycles. The van der Waals surface area contributed by atoms with Gasteiger partial charge in [0.25, 0.3) is 0 Å². The first-order valence-electron chi connectivity index (χ1n) is 6.04. The van der Waals surface area contributed by atoms with Crippen LogP contribution in [-0.4, -0.2) is 26.7 Å². The Morgan fingerprint density at radius 3 is 2.41 bits per heavy atom. The third kappa shape index (κ3) is 2.90. The van der Waals surface area contributed by atoms with E-state index in [4.69, 9.17) is 14.9 Å². The van der Waals surface area contributed by atoms with Gasteiger partial charge in [0.1, 0.15) is 12.2 Å². The van der Waals surface area contributed by atoms with Gasteiger partial charge in [-0.1, -0.05) is 6.07 Å². The Hall–Kier alpha value is -2.90. The average Bonchev–Trinajstić information content (AvgIpc) is 2.77. The summed E-state index contributed by atoms with van der Waals surface area (Å²) in [5.74, 6) is -5.17. The van der Waals surface area contributed by atoms with E-state index in [1.54, 1.807) is 0 Å². The molecule has 0 fully saturated rings. The minimum Gasteiger partial charge on any atom is -0.485 e. The van der Waals surface area contributed by atoms with Gasteiger partial charge in [0.15, 0.2) is 23.1 Å². The fourth-order valence-electron chi connectivity index (χ4n) is 1.94. The van der Waals surface area contributed by atoms with Crippen LogP contribution in [0.2, 0.25) is 0 Å². The quantitative estimate of drug-likeness (QED) is 0.884. The van der Waals surface area contributed by atoms with Gasteiger partial charge < -0.3 is 19.5 Å². The molecule has 0 spiro atoms. The van der Waals surface area contributed by atoms with Crippen molar-refractivity contribution in [3.05, 3.63) is 52.9 Å². The minimum absolute atomic E-state index is 0.232. The van der Waals surface area contributed by atoms with Gasteiger partial charge in [0, 0.05) is 13.2 Å². The van der Waals surface area contributed by atoms with E-state index in [1.165, 1.54) is 13.1 Å². The molecular formula is C14H11F2NO5. The zero-order valence-corrected chi connectivity index (χ0v) is 11.3. The highest BCUT2D eigenvalue weighted by Crippen LogP contribution is 2.27. The van der Waals surface area contributed by atoms with Gasteiger partial charge in [0.2, 0.25) is 0 Å². The second kappa shape index (κ2) is 5.84. The molecule has 0 amide bonds. The molecule has 22 heavy (non-hydrogen) atoms. The Kier molecular flexibility index (Phi) is 4.11. The maximum Gasteiger partial charge on any atom is 0.356 e. The summed E-state index contributed by atoms with van der Waals surface area (Å²) in [6.07, 6.45) is 1.10. The van der Waals surface area contributed by atoms with Crippen LogP contribution in [0.25, 0.3) is 0 Å². The van der Waals surface area contributed by atoms with E-state index in [9.17, 15) is 18.4 Å². The highest BCUT2D eigenvalue weighted by molar-refractivity contribution is 5.98. The van der Waals surface area contributed by atoms with Crippen LogP contribution in [0.15, 0.2) is 24.4 Å². The largest absolute Gasteiger partial charge is 0.485 e. The zero-order valence-electron chi connectivity index (χ0n) is 11.3. The SMILES string of the molecule is Cn1cc(C(=O)O)c(OCc2ccc(F)c(F)c2)c1C(=O)O. The topological polar surface area (TPSA) is 88.8 Å². The molecule has 2 rings (SSSR count). The second-order valence-corrected chi connectivity index (χ2v) is 4.48. The number of nitrogens with zero attached hydrogens (tertiary/aromatic N) is 1. The molecule has 6 nitrogen and oxygen atoms in total. The van der Waals surface area contributed by atoms with Crippen molar-refractivity contribution >= 4 is 11.9 Å². The molecule has 1 heterocycles. The highest BCUT2D eigenvalue weighted by Gasteiger charge is 2.25. The number of carbonyl (C=O) groups is 2. The molecule has 0 aliphatic heterocycles. The summed E-state index contributed by atoms with van der Waals surface area (Å²) in [5, 5.41) is 18.2. The molecule has 0 atom stereocenters. The van der Waals surface area contributed by atoms with Crippen LogP contribution in [0.1, 0.15) is 26.4 Å². The third-order valence-corrected chi connectivity index (χ3v) is 2.94. The fourth-order valence-corrected chi connectivity index (χ4v) is 1.94. The lowest BCUT2D eigenvalue weighted by Gasteiger charge is -2.08. The van der Waals surface area contributed by atoms with Crippen LogP contribution < -0.4 is 4.74 Å². The molecule has 0 saturated carbocycles. The van der Waals surface area contributed by atoms with Crippen molar-refractivity contribution in [2.45, 2.75) is 6.61 Å². The Morgan fingerprint density at radius 2 is 1.86 bits per heavy atom. The van der Waals surface area contributed by atoms with Crippen LogP contribution in [0.5, 0.6) is 5.75 Å². The van der Waals surface area contributed by atoms with E-state index in [1.807, 2.05) is 0 Å². The van der Waals surface area contributed by atoms with E-state index in [2.05, 4.69) is 0 Å². The highest BCUT2D eigenvalue weighted by atomic mass is 19.2. The lowest BCUT2D eigenvalue weighted by Crippen LogP contribution is -2.08. The van der Waals surface area contributed by atoms with Gasteiger partial charge in [-0.25, -0.2) is 18.4 Å². The lowest BCUT2D eigenvalue weighted by molar-refractivity contribution is 0.0681. The van der Waals surface area contributed by atoms with Crippen LogP contribution in [-0.2, 0) is 13.7 Å². The number of halogens is 2. The summed E-state index contributed by atoms with van der Waals surface area (Å²) < 4.78 is 32.3. The van der Waals surface area contributed by atoms with Crippen molar-refractivity contribution in [1.82, 2.24) is 4.57 Å². The fraction of sp³-hybridized carbons (Fsp3) is 0.143. The van der Waals surface area contributed by atoms with Crippen LogP contribution in [0.4, 0.5) is 8.78 Å². The number of aryl methyl sites for hydroxylation is 1. The van der Waals surface area contributed by atoms with Gasteiger partial charge in [-0.2, -0.15) is 0 Å². The van der Waals surface area contributed by atoms with Crippen molar-refractivity contribution in [1.29, 1.82) is 0 Å². The number of rotatable bonds is 5. The lowest BCUT2D eigenvalue weighted by atomic mass is 10.2. The first-order valence-corrected chi connectivity index (χ1v) is 6.04. The van der Waals surface area contributed by atoms with Gasteiger partial charge in [0.05, 0.1) is 0 Å². The minimum atomic E-state index is -1.37. The Bertz CT molecular complexity index is 754. The Labute approximate surface area is 123 Å². The maximum atomic E-state index is 13.1. The Balaban J connectivity index is 2.33. The predicted octanol–water partition coefficient (Wildman–Crippen LogP) is 2.28. The first kappa shape index (κ1) is 15.5. The maximum absolute atomic E-state index is 13.1. The van der Waals surface area contributed by atoms with Crippen LogP contribution in [0.3, 0.4) is 0 Å².